The van der Waals surface area contributed by atoms with Gasteiger partial charge in [0.1, 0.15) is 0 Å². The molecule has 1 aliphatic heterocycles. The van der Waals surface area contributed by atoms with Crippen LogP contribution in [0.15, 0.2) is 18.2 Å². The Balaban J connectivity index is 1.89. The van der Waals surface area contributed by atoms with Gasteiger partial charge in [-0.05, 0) is 18.2 Å². The standard InChI is InChI=1S/C13H18N4O/c1-8-6-18-7-11(8)15-9-3-4-12-10(5-9)16-13(14)17(12)2/h3-5,8,11,15H,6-7H2,1-2H3,(H2,14,16). The first kappa shape index (κ1) is 11.3. The Kier molecular flexibility index (Phi) is 2.63. The molecule has 0 aliphatic carbocycles. The average molecular weight is 246 g/mol. The summed E-state index contributed by atoms with van der Waals surface area (Å²) >= 11 is 0. The molecule has 1 saturated heterocycles. The third-order valence-corrected chi connectivity index (χ3v) is 3.63. The smallest absolute Gasteiger partial charge is 0.200 e. The number of anilines is 2. The molecule has 0 radical (unpaired) electrons. The van der Waals surface area contributed by atoms with Crippen molar-refractivity contribution in [2.75, 3.05) is 24.3 Å². The normalized spacial score (nSPS) is 23.7. The van der Waals surface area contributed by atoms with Gasteiger partial charge in [0.15, 0.2) is 0 Å². The molecular formula is C13H18N4O. The quantitative estimate of drug-likeness (QED) is 0.844. The number of nitrogen functional groups attached to an aromatic ring is 1. The van der Waals surface area contributed by atoms with E-state index >= 15 is 0 Å². The van der Waals surface area contributed by atoms with Crippen LogP contribution >= 0.6 is 0 Å². The van der Waals surface area contributed by atoms with Gasteiger partial charge in [0, 0.05) is 18.7 Å². The molecule has 0 saturated carbocycles. The first-order valence-corrected chi connectivity index (χ1v) is 6.21. The molecule has 2 heterocycles. The van der Waals surface area contributed by atoms with Crippen LogP contribution in [-0.2, 0) is 11.8 Å². The summed E-state index contributed by atoms with van der Waals surface area (Å²) in [6.07, 6.45) is 0. The zero-order valence-corrected chi connectivity index (χ0v) is 10.7. The number of aromatic nitrogens is 2. The van der Waals surface area contributed by atoms with Crippen molar-refractivity contribution in [3.05, 3.63) is 18.2 Å². The van der Waals surface area contributed by atoms with Crippen LogP contribution in [0.25, 0.3) is 11.0 Å². The molecule has 1 aromatic carbocycles. The fraction of sp³-hybridized carbons (Fsp3) is 0.462. The lowest BCUT2D eigenvalue weighted by Gasteiger charge is -2.16. The molecule has 18 heavy (non-hydrogen) atoms. The summed E-state index contributed by atoms with van der Waals surface area (Å²) in [5.74, 6) is 1.08. The molecular weight excluding hydrogens is 228 g/mol. The van der Waals surface area contributed by atoms with Crippen molar-refractivity contribution in [2.24, 2.45) is 13.0 Å². The number of hydrogen-bond acceptors (Lipinski definition) is 4. The second-order valence-corrected chi connectivity index (χ2v) is 5.00. The van der Waals surface area contributed by atoms with Crippen LogP contribution in [0.2, 0.25) is 0 Å². The fourth-order valence-electron chi connectivity index (χ4n) is 2.37. The number of nitrogens with two attached hydrogens (primary N) is 1. The predicted octanol–water partition coefficient (Wildman–Crippen LogP) is 1.60. The van der Waals surface area contributed by atoms with E-state index in [4.69, 9.17) is 10.5 Å². The number of imidazole rings is 1. The van der Waals surface area contributed by atoms with Crippen LogP contribution in [0, 0.1) is 5.92 Å². The van der Waals surface area contributed by atoms with E-state index in [2.05, 4.69) is 23.3 Å². The Morgan fingerprint density at radius 3 is 3.00 bits per heavy atom. The molecule has 0 bridgehead atoms. The van der Waals surface area contributed by atoms with Crippen molar-refractivity contribution in [3.63, 3.8) is 0 Å². The number of ether oxygens (including phenoxy) is 1. The van der Waals surface area contributed by atoms with Gasteiger partial charge in [-0.2, -0.15) is 0 Å². The highest BCUT2D eigenvalue weighted by atomic mass is 16.5. The van der Waals surface area contributed by atoms with E-state index in [-0.39, 0.29) is 0 Å². The lowest BCUT2D eigenvalue weighted by molar-refractivity contribution is 0.187. The average Bonchev–Trinajstić information content (AvgIpc) is 2.86. The highest BCUT2D eigenvalue weighted by Gasteiger charge is 2.23. The molecule has 1 aliphatic rings. The number of rotatable bonds is 2. The van der Waals surface area contributed by atoms with Crippen LogP contribution in [0.5, 0.6) is 0 Å². The number of nitrogens with one attached hydrogen (secondary N) is 1. The Labute approximate surface area is 106 Å². The maximum atomic E-state index is 5.80. The number of aryl methyl sites for hydroxylation is 1. The molecule has 96 valence electrons. The number of hydrogen-bond donors (Lipinski definition) is 2. The van der Waals surface area contributed by atoms with Crippen LogP contribution < -0.4 is 11.1 Å². The summed E-state index contributed by atoms with van der Waals surface area (Å²) in [6, 6.07) is 6.52. The summed E-state index contributed by atoms with van der Waals surface area (Å²) in [7, 11) is 1.92. The lowest BCUT2D eigenvalue weighted by atomic mass is 10.1. The zero-order valence-electron chi connectivity index (χ0n) is 10.7. The summed E-state index contributed by atoms with van der Waals surface area (Å²) < 4.78 is 7.34. The highest BCUT2D eigenvalue weighted by molar-refractivity contribution is 5.82. The Morgan fingerprint density at radius 1 is 1.44 bits per heavy atom. The van der Waals surface area contributed by atoms with Crippen LogP contribution in [0.1, 0.15) is 6.92 Å². The number of benzene rings is 1. The van der Waals surface area contributed by atoms with Crippen LogP contribution in [0.3, 0.4) is 0 Å². The third-order valence-electron chi connectivity index (χ3n) is 3.63. The van der Waals surface area contributed by atoms with E-state index in [1.54, 1.807) is 0 Å². The Hall–Kier alpha value is -1.75. The predicted molar refractivity (Wildman–Crippen MR) is 72.5 cm³/mol. The molecule has 5 nitrogen and oxygen atoms in total. The molecule has 1 fully saturated rings. The van der Waals surface area contributed by atoms with E-state index in [0.717, 1.165) is 29.9 Å². The first-order valence-electron chi connectivity index (χ1n) is 6.21. The largest absolute Gasteiger partial charge is 0.380 e. The van der Waals surface area contributed by atoms with Crippen molar-refractivity contribution in [1.82, 2.24) is 9.55 Å². The second kappa shape index (κ2) is 4.17. The van der Waals surface area contributed by atoms with E-state index in [9.17, 15) is 0 Å². The van der Waals surface area contributed by atoms with Gasteiger partial charge in [-0.1, -0.05) is 6.92 Å². The van der Waals surface area contributed by atoms with Crippen molar-refractivity contribution < 1.29 is 4.74 Å². The highest BCUT2D eigenvalue weighted by Crippen LogP contribution is 2.23. The monoisotopic (exact) mass is 246 g/mol. The first-order chi connectivity index (χ1) is 8.65. The van der Waals surface area contributed by atoms with E-state index < -0.39 is 0 Å². The van der Waals surface area contributed by atoms with Gasteiger partial charge < -0.3 is 20.4 Å². The number of nitrogens with zero attached hydrogens (tertiary/aromatic N) is 2. The molecule has 5 heteroatoms. The van der Waals surface area contributed by atoms with Crippen molar-refractivity contribution >= 4 is 22.7 Å². The SMILES string of the molecule is CC1COCC1Nc1ccc2c(c1)nc(N)n2C. The molecule has 3 N–H and O–H groups in total. The van der Waals surface area contributed by atoms with Gasteiger partial charge in [-0.15, -0.1) is 0 Å². The van der Waals surface area contributed by atoms with Crippen LogP contribution in [0.4, 0.5) is 11.6 Å². The van der Waals surface area contributed by atoms with Crippen molar-refractivity contribution in [2.45, 2.75) is 13.0 Å². The van der Waals surface area contributed by atoms with Gasteiger partial charge in [-0.25, -0.2) is 4.98 Å². The van der Waals surface area contributed by atoms with E-state index in [0.29, 0.717) is 17.9 Å². The van der Waals surface area contributed by atoms with Gasteiger partial charge in [-0.3, -0.25) is 0 Å². The van der Waals surface area contributed by atoms with Gasteiger partial charge >= 0.3 is 0 Å². The van der Waals surface area contributed by atoms with E-state index in [1.807, 2.05) is 23.7 Å². The van der Waals surface area contributed by atoms with Crippen LogP contribution in [-0.4, -0.2) is 28.8 Å². The van der Waals surface area contributed by atoms with Gasteiger partial charge in [0.2, 0.25) is 5.95 Å². The molecule has 2 aromatic rings. The summed E-state index contributed by atoms with van der Waals surface area (Å²) in [5, 5.41) is 3.50. The fourth-order valence-corrected chi connectivity index (χ4v) is 2.37. The van der Waals surface area contributed by atoms with Gasteiger partial charge in [0.05, 0.1) is 30.3 Å². The molecule has 3 rings (SSSR count). The molecule has 2 atom stereocenters. The maximum Gasteiger partial charge on any atom is 0.200 e. The molecule has 0 spiro atoms. The van der Waals surface area contributed by atoms with Crippen molar-refractivity contribution in [3.8, 4) is 0 Å². The zero-order chi connectivity index (χ0) is 12.7. The Bertz CT molecular complexity index is 578. The minimum Gasteiger partial charge on any atom is -0.380 e. The molecule has 1 aromatic heterocycles. The minimum atomic E-state index is 0.378. The Morgan fingerprint density at radius 2 is 2.28 bits per heavy atom. The lowest BCUT2D eigenvalue weighted by Crippen LogP contribution is -2.25. The minimum absolute atomic E-state index is 0.378. The van der Waals surface area contributed by atoms with E-state index in [1.165, 1.54) is 0 Å². The van der Waals surface area contributed by atoms with Crippen molar-refractivity contribution in [1.29, 1.82) is 0 Å². The summed E-state index contributed by atoms with van der Waals surface area (Å²) in [5.41, 5.74) is 8.84. The maximum absolute atomic E-state index is 5.80. The molecule has 2 unspecified atom stereocenters. The third kappa shape index (κ3) is 1.80. The second-order valence-electron chi connectivity index (χ2n) is 5.00. The summed E-state index contributed by atoms with van der Waals surface area (Å²) in [4.78, 5) is 4.34. The topological polar surface area (TPSA) is 65.1 Å². The molecule has 0 amide bonds. The van der Waals surface area contributed by atoms with Gasteiger partial charge in [0.25, 0.3) is 0 Å². The summed E-state index contributed by atoms with van der Waals surface area (Å²) in [6.45, 7) is 3.79. The number of fused-ring (bicyclic) bond motifs is 1.